The van der Waals surface area contributed by atoms with Crippen LogP contribution in [-0.2, 0) is 132 Å². The number of phenols is 3. The molecular formula is C24H36O3V6W. The van der Waals surface area contributed by atoms with Crippen LogP contribution in [0.5, 0.6) is 17.2 Å². The van der Waals surface area contributed by atoms with Crippen molar-refractivity contribution in [2.45, 2.75) is 41.5 Å². The van der Waals surface area contributed by atoms with Crippen LogP contribution in [0.4, 0.5) is 0 Å². The smallest absolute Gasteiger partial charge is 0.115 e. The number of aromatic hydroxyl groups is 3. The minimum absolute atomic E-state index is 0. The van der Waals surface area contributed by atoms with E-state index in [1.54, 1.807) is 72.8 Å². The summed E-state index contributed by atoms with van der Waals surface area (Å²) in [5.41, 5.74) is 0. The molecule has 34 heavy (non-hydrogen) atoms. The molecule has 3 N–H and O–H groups in total. The molecule has 3 rings (SSSR count). The van der Waals surface area contributed by atoms with Crippen LogP contribution in [0.2, 0.25) is 0 Å². The topological polar surface area (TPSA) is 60.7 Å². The molecule has 3 nitrogen and oxygen atoms in total. The van der Waals surface area contributed by atoms with Crippen LogP contribution in [0.1, 0.15) is 41.5 Å². The molecule has 6 radical (unpaired) electrons. The molecule has 0 fully saturated rings. The molecule has 186 valence electrons. The Bertz CT molecular complexity index is 522. The second kappa shape index (κ2) is 59.4. The van der Waals surface area contributed by atoms with Crippen molar-refractivity contribution in [3.8, 4) is 17.2 Å². The summed E-state index contributed by atoms with van der Waals surface area (Å²) in [7, 11) is 0. The van der Waals surface area contributed by atoms with E-state index in [2.05, 4.69) is 0 Å². The quantitative estimate of drug-likeness (QED) is 0.224. The first-order valence-corrected chi connectivity index (χ1v) is 9.40. The van der Waals surface area contributed by atoms with Gasteiger partial charge in [-0.15, -0.1) is 0 Å². The molecule has 0 heterocycles. The van der Waals surface area contributed by atoms with Crippen LogP contribution in [0.15, 0.2) is 91.0 Å². The molecule has 0 aliphatic heterocycles. The summed E-state index contributed by atoms with van der Waals surface area (Å²) in [6.45, 7) is 12.0. The van der Waals surface area contributed by atoms with Crippen molar-refractivity contribution in [1.29, 1.82) is 0 Å². The van der Waals surface area contributed by atoms with Gasteiger partial charge in [-0.25, -0.2) is 0 Å². The summed E-state index contributed by atoms with van der Waals surface area (Å²) in [4.78, 5) is 0. The fourth-order valence-electron chi connectivity index (χ4n) is 1.28. The van der Waals surface area contributed by atoms with Gasteiger partial charge in [0.25, 0.3) is 0 Å². The largest absolute Gasteiger partial charge is 0.508 e. The first kappa shape index (κ1) is 64.9. The van der Waals surface area contributed by atoms with E-state index in [4.69, 9.17) is 15.3 Å². The molecule has 0 amide bonds. The van der Waals surface area contributed by atoms with Crippen molar-refractivity contribution >= 4 is 0 Å². The molecule has 0 unspecified atom stereocenters. The van der Waals surface area contributed by atoms with Gasteiger partial charge in [0.05, 0.1) is 0 Å². The van der Waals surface area contributed by atoms with Crippen molar-refractivity contribution < 1.29 is 148 Å². The van der Waals surface area contributed by atoms with E-state index in [1.165, 1.54) is 0 Å². The molecule has 0 saturated carbocycles. The van der Waals surface area contributed by atoms with E-state index < -0.39 is 0 Å². The van der Waals surface area contributed by atoms with E-state index in [-0.39, 0.29) is 132 Å². The number of hydrogen-bond donors (Lipinski definition) is 3. The Morgan fingerprint density at radius 2 is 0.441 bits per heavy atom. The number of benzene rings is 3. The summed E-state index contributed by atoms with van der Waals surface area (Å²) >= 11 is 0. The molecule has 0 atom stereocenters. The van der Waals surface area contributed by atoms with Crippen molar-refractivity contribution in [1.82, 2.24) is 0 Å². The standard InChI is InChI=1S/3C6H6O.3C2H6.6V.W/c3*7-6-4-2-1-3-5-6;3*1-2;;;;;;;/h3*1-5,7H;3*1-2H3;;;;;;;. The second-order valence-corrected chi connectivity index (χ2v) is 4.01. The van der Waals surface area contributed by atoms with Gasteiger partial charge in [-0.2, -0.15) is 0 Å². The Hall–Kier alpha value is 1.25. The fourth-order valence-corrected chi connectivity index (χ4v) is 1.28. The van der Waals surface area contributed by atoms with E-state index in [0.717, 1.165) is 0 Å². The fraction of sp³-hybridized carbons (Fsp3) is 0.250. The Morgan fingerprint density at radius 1 is 0.324 bits per heavy atom. The van der Waals surface area contributed by atoms with Crippen LogP contribution in [-0.4, -0.2) is 15.3 Å². The molecule has 0 aliphatic rings. The maximum absolute atomic E-state index is 8.63. The Balaban J connectivity index is -0.0000000261. The minimum Gasteiger partial charge on any atom is -0.508 e. The second-order valence-electron chi connectivity index (χ2n) is 4.01. The van der Waals surface area contributed by atoms with Gasteiger partial charge in [0, 0.05) is 132 Å². The SMILES string of the molecule is CC.CC.CC.Oc1ccccc1.Oc1ccccc1.Oc1ccccc1.[V].[V].[V].[V].[V].[V].[W]. The van der Waals surface area contributed by atoms with Crippen molar-refractivity contribution in [2.75, 3.05) is 0 Å². The van der Waals surface area contributed by atoms with Gasteiger partial charge in [0.15, 0.2) is 0 Å². The van der Waals surface area contributed by atoms with E-state index in [9.17, 15) is 0 Å². The summed E-state index contributed by atoms with van der Waals surface area (Å²) in [5, 5.41) is 25.9. The number of para-hydroxylation sites is 3. The summed E-state index contributed by atoms with van der Waals surface area (Å²) in [5.74, 6) is 0.965. The minimum atomic E-state index is 0. The molecule has 3 aromatic carbocycles. The Kier molecular flexibility index (Phi) is 113. The summed E-state index contributed by atoms with van der Waals surface area (Å²) in [6.07, 6.45) is 0. The predicted molar refractivity (Wildman–Crippen MR) is 118 cm³/mol. The van der Waals surface area contributed by atoms with Crippen LogP contribution in [0, 0.1) is 0 Å². The molecule has 0 saturated heterocycles. The van der Waals surface area contributed by atoms with Gasteiger partial charge >= 0.3 is 0 Å². The van der Waals surface area contributed by atoms with Gasteiger partial charge in [-0.05, 0) is 36.4 Å². The zero-order valence-corrected chi connectivity index (χ0v) is 31.9. The summed E-state index contributed by atoms with van der Waals surface area (Å²) in [6, 6.07) is 26.1. The molecule has 0 spiro atoms. The van der Waals surface area contributed by atoms with E-state index in [0.29, 0.717) is 17.2 Å². The third kappa shape index (κ3) is 54.2. The van der Waals surface area contributed by atoms with Crippen LogP contribution >= 0.6 is 0 Å². The monoisotopic (exact) mass is 862 g/mol. The van der Waals surface area contributed by atoms with Crippen molar-refractivity contribution in [3.05, 3.63) is 91.0 Å². The van der Waals surface area contributed by atoms with E-state index >= 15 is 0 Å². The van der Waals surface area contributed by atoms with Crippen LogP contribution in [0.25, 0.3) is 0 Å². The average molecular weight is 862 g/mol. The third-order valence-corrected chi connectivity index (χ3v) is 2.27. The van der Waals surface area contributed by atoms with Crippen molar-refractivity contribution in [2.24, 2.45) is 0 Å². The zero-order valence-electron chi connectivity index (χ0n) is 20.6. The Morgan fingerprint density at radius 3 is 0.500 bits per heavy atom. The molecular weight excluding hydrogens is 826 g/mol. The number of hydrogen-bond acceptors (Lipinski definition) is 3. The van der Waals surface area contributed by atoms with Gasteiger partial charge in [-0.3, -0.25) is 0 Å². The summed E-state index contributed by atoms with van der Waals surface area (Å²) < 4.78 is 0. The van der Waals surface area contributed by atoms with E-state index in [1.807, 2.05) is 59.7 Å². The molecule has 0 aromatic heterocycles. The van der Waals surface area contributed by atoms with Gasteiger partial charge in [-0.1, -0.05) is 96.1 Å². The maximum atomic E-state index is 8.63. The molecule has 0 bridgehead atoms. The first-order chi connectivity index (χ1) is 13.2. The van der Waals surface area contributed by atoms with Crippen LogP contribution < -0.4 is 0 Å². The van der Waals surface area contributed by atoms with Crippen molar-refractivity contribution in [3.63, 3.8) is 0 Å². The molecule has 0 aliphatic carbocycles. The van der Waals surface area contributed by atoms with Gasteiger partial charge < -0.3 is 15.3 Å². The normalized spacial score (nSPS) is 5.82. The first-order valence-electron chi connectivity index (χ1n) is 9.40. The Labute approximate surface area is 294 Å². The third-order valence-electron chi connectivity index (χ3n) is 2.27. The van der Waals surface area contributed by atoms with Gasteiger partial charge in [0.1, 0.15) is 17.2 Å². The molecule has 10 heteroatoms. The molecule has 3 aromatic rings. The zero-order chi connectivity index (χ0) is 21.3. The maximum Gasteiger partial charge on any atom is 0.115 e. The average Bonchev–Trinajstić information content (AvgIpc) is 2.75. The van der Waals surface area contributed by atoms with Gasteiger partial charge in [0.2, 0.25) is 0 Å². The number of rotatable bonds is 0. The number of phenolic OH excluding ortho intramolecular Hbond substituents is 3. The van der Waals surface area contributed by atoms with Crippen LogP contribution in [0.3, 0.4) is 0 Å². The predicted octanol–water partition coefficient (Wildman–Crippen LogP) is 7.24.